The Morgan fingerprint density at radius 1 is 1.19 bits per heavy atom. The predicted octanol–water partition coefficient (Wildman–Crippen LogP) is 5.37. The van der Waals surface area contributed by atoms with Crippen molar-refractivity contribution in [2.75, 3.05) is 5.73 Å². The molecule has 0 bridgehead atoms. The number of fused-ring (bicyclic) bond motifs is 1. The first-order valence-corrected chi connectivity index (χ1v) is 8.92. The molecule has 1 aliphatic carbocycles. The molecular weight excluding hydrogens is 351 g/mol. The van der Waals surface area contributed by atoms with E-state index in [0.29, 0.717) is 30.0 Å². The van der Waals surface area contributed by atoms with Crippen LogP contribution in [0, 0.1) is 22.7 Å². The van der Waals surface area contributed by atoms with E-state index in [1.807, 2.05) is 6.07 Å². The number of aryl methyl sites for hydroxylation is 1. The molecule has 27 heavy (non-hydrogen) atoms. The topological polar surface area (TPSA) is 62.7 Å². The largest absolute Gasteiger partial charge is 0.417 e. The molecule has 1 heterocycles. The third-order valence-electron chi connectivity index (χ3n) is 5.43. The van der Waals surface area contributed by atoms with Crippen LogP contribution in [0.3, 0.4) is 0 Å². The fourth-order valence-electron chi connectivity index (χ4n) is 3.88. The number of halogens is 3. The fraction of sp³-hybridized carbons (Fsp3) is 0.429. The Balaban J connectivity index is 2.32. The second kappa shape index (κ2) is 6.56. The van der Waals surface area contributed by atoms with Gasteiger partial charge in [-0.15, -0.1) is 0 Å². The lowest BCUT2D eigenvalue weighted by Crippen LogP contribution is -2.28. The van der Waals surface area contributed by atoms with Crippen LogP contribution in [-0.2, 0) is 19.0 Å². The maximum Gasteiger partial charge on any atom is 0.417 e. The van der Waals surface area contributed by atoms with E-state index in [2.05, 4.69) is 25.8 Å². The molecule has 0 saturated heterocycles. The highest BCUT2D eigenvalue weighted by molar-refractivity contribution is 5.81. The predicted molar refractivity (Wildman–Crippen MR) is 98.8 cm³/mol. The number of nitriles is 1. The summed E-state index contributed by atoms with van der Waals surface area (Å²) in [6.45, 7) is 6.38. The van der Waals surface area contributed by atoms with Gasteiger partial charge in [0, 0.05) is 11.3 Å². The minimum Gasteiger partial charge on any atom is -0.383 e. The summed E-state index contributed by atoms with van der Waals surface area (Å²) < 4.78 is 40.9. The van der Waals surface area contributed by atoms with E-state index in [1.54, 1.807) is 6.07 Å². The van der Waals surface area contributed by atoms with Crippen LogP contribution in [-0.4, -0.2) is 4.98 Å². The van der Waals surface area contributed by atoms with Crippen LogP contribution in [0.1, 0.15) is 49.6 Å². The molecule has 0 saturated carbocycles. The summed E-state index contributed by atoms with van der Waals surface area (Å²) in [4.78, 5) is 4.35. The molecule has 1 aromatic heterocycles. The van der Waals surface area contributed by atoms with Crippen LogP contribution in [0.25, 0.3) is 11.1 Å². The zero-order valence-corrected chi connectivity index (χ0v) is 15.6. The van der Waals surface area contributed by atoms with Gasteiger partial charge in [-0.1, -0.05) is 39.0 Å². The third-order valence-corrected chi connectivity index (χ3v) is 5.43. The van der Waals surface area contributed by atoms with Crippen molar-refractivity contribution >= 4 is 5.82 Å². The van der Waals surface area contributed by atoms with Gasteiger partial charge in [0.25, 0.3) is 0 Å². The van der Waals surface area contributed by atoms with Crippen LogP contribution in [0.4, 0.5) is 19.0 Å². The Hall–Kier alpha value is -2.55. The zero-order valence-electron chi connectivity index (χ0n) is 15.6. The first-order valence-electron chi connectivity index (χ1n) is 8.92. The van der Waals surface area contributed by atoms with Gasteiger partial charge >= 0.3 is 6.18 Å². The molecule has 3 nitrogen and oxygen atoms in total. The van der Waals surface area contributed by atoms with Crippen molar-refractivity contribution in [2.45, 2.75) is 46.2 Å². The number of nitrogens with two attached hydrogens (primary N) is 1. The number of aromatic nitrogens is 1. The first kappa shape index (κ1) is 19.2. The van der Waals surface area contributed by atoms with Gasteiger partial charge in [0.2, 0.25) is 0 Å². The zero-order chi connectivity index (χ0) is 20.0. The molecule has 0 spiro atoms. The average Bonchev–Trinajstić information content (AvgIpc) is 2.58. The molecule has 2 N–H and O–H groups in total. The number of nitrogens with zero attached hydrogens (tertiary/aromatic N) is 2. The lowest BCUT2D eigenvalue weighted by Gasteiger charge is -2.36. The number of alkyl halides is 3. The number of nitrogen functional groups attached to an aromatic ring is 1. The van der Waals surface area contributed by atoms with Gasteiger partial charge in [0.1, 0.15) is 17.5 Å². The maximum absolute atomic E-state index is 13.6. The molecule has 3 rings (SSSR count). The minimum absolute atomic E-state index is 0.00135. The summed E-state index contributed by atoms with van der Waals surface area (Å²) in [6, 6.07) is 7.36. The van der Waals surface area contributed by atoms with Crippen LogP contribution in [0.15, 0.2) is 24.3 Å². The van der Waals surface area contributed by atoms with E-state index in [4.69, 9.17) is 5.73 Å². The number of pyridine rings is 1. The molecule has 1 aromatic carbocycles. The van der Waals surface area contributed by atoms with E-state index < -0.39 is 11.7 Å². The van der Waals surface area contributed by atoms with Gasteiger partial charge in [0.15, 0.2) is 0 Å². The number of hydrogen-bond acceptors (Lipinski definition) is 3. The molecule has 0 amide bonds. The number of benzene rings is 1. The number of rotatable bonds is 1. The highest BCUT2D eigenvalue weighted by atomic mass is 19.4. The normalized spacial score (nSPS) is 17.3. The Labute approximate surface area is 157 Å². The summed E-state index contributed by atoms with van der Waals surface area (Å²) in [5.41, 5.74) is 6.96. The molecule has 0 radical (unpaired) electrons. The van der Waals surface area contributed by atoms with Crippen molar-refractivity contribution in [3.8, 4) is 17.2 Å². The Morgan fingerprint density at radius 2 is 1.85 bits per heavy atom. The standard InChI is InChI=1S/C21H22F3N3/c1-20(2,3)12-8-9-17-14(10-12)18(15(11-25)19(26)27-17)13-6-4-5-7-16(13)21(22,23)24/h4-7,12H,8-10H2,1-3H3,(H2,26,27). The Morgan fingerprint density at radius 3 is 2.44 bits per heavy atom. The summed E-state index contributed by atoms with van der Waals surface area (Å²) >= 11 is 0. The maximum atomic E-state index is 13.6. The highest BCUT2D eigenvalue weighted by Gasteiger charge is 2.37. The Bertz CT molecular complexity index is 918. The Kier molecular flexibility index (Phi) is 4.67. The molecule has 1 atom stereocenters. The van der Waals surface area contributed by atoms with Gasteiger partial charge in [-0.05, 0) is 47.8 Å². The average molecular weight is 373 g/mol. The quantitative estimate of drug-likeness (QED) is 0.731. The second-order valence-electron chi connectivity index (χ2n) is 8.13. The molecule has 1 unspecified atom stereocenters. The van der Waals surface area contributed by atoms with Gasteiger partial charge < -0.3 is 5.73 Å². The second-order valence-corrected chi connectivity index (χ2v) is 8.13. The van der Waals surface area contributed by atoms with Gasteiger partial charge in [-0.3, -0.25) is 0 Å². The lowest BCUT2D eigenvalue weighted by atomic mass is 9.70. The van der Waals surface area contributed by atoms with Gasteiger partial charge in [-0.25, -0.2) is 4.98 Å². The first-order chi connectivity index (χ1) is 12.5. The van der Waals surface area contributed by atoms with Crippen LogP contribution in [0.2, 0.25) is 0 Å². The SMILES string of the molecule is CC(C)(C)C1CCc2nc(N)c(C#N)c(-c3ccccc3C(F)(F)F)c2C1. The smallest absolute Gasteiger partial charge is 0.383 e. The molecule has 0 fully saturated rings. The molecule has 0 aliphatic heterocycles. The molecule has 6 heteroatoms. The highest BCUT2D eigenvalue weighted by Crippen LogP contribution is 2.45. The van der Waals surface area contributed by atoms with E-state index in [1.165, 1.54) is 12.1 Å². The van der Waals surface area contributed by atoms with Crippen LogP contribution in [0.5, 0.6) is 0 Å². The van der Waals surface area contributed by atoms with E-state index in [9.17, 15) is 18.4 Å². The van der Waals surface area contributed by atoms with Crippen molar-refractivity contribution in [3.63, 3.8) is 0 Å². The van der Waals surface area contributed by atoms with E-state index in [-0.39, 0.29) is 22.4 Å². The summed E-state index contributed by atoms with van der Waals surface area (Å²) in [5.74, 6) is 0.288. The van der Waals surface area contributed by atoms with Gasteiger partial charge in [-0.2, -0.15) is 18.4 Å². The van der Waals surface area contributed by atoms with E-state index >= 15 is 0 Å². The summed E-state index contributed by atoms with van der Waals surface area (Å²) in [5, 5.41) is 9.63. The van der Waals surface area contributed by atoms with Crippen LogP contribution < -0.4 is 5.73 Å². The lowest BCUT2D eigenvalue weighted by molar-refractivity contribution is -0.137. The van der Waals surface area contributed by atoms with Crippen molar-refractivity contribution in [3.05, 3.63) is 46.6 Å². The number of anilines is 1. The van der Waals surface area contributed by atoms with Crippen molar-refractivity contribution in [2.24, 2.45) is 11.3 Å². The van der Waals surface area contributed by atoms with Crippen molar-refractivity contribution < 1.29 is 13.2 Å². The number of hydrogen-bond donors (Lipinski definition) is 1. The van der Waals surface area contributed by atoms with Crippen molar-refractivity contribution in [1.29, 1.82) is 5.26 Å². The molecule has 2 aromatic rings. The summed E-state index contributed by atoms with van der Waals surface area (Å²) in [6.07, 6.45) is -2.39. The van der Waals surface area contributed by atoms with E-state index in [0.717, 1.165) is 18.1 Å². The van der Waals surface area contributed by atoms with Crippen molar-refractivity contribution in [1.82, 2.24) is 4.98 Å². The monoisotopic (exact) mass is 373 g/mol. The molecule has 142 valence electrons. The minimum atomic E-state index is -4.52. The molecule has 1 aliphatic rings. The van der Waals surface area contributed by atoms with Crippen LogP contribution >= 0.6 is 0 Å². The molecular formula is C21H22F3N3. The summed E-state index contributed by atoms with van der Waals surface area (Å²) in [7, 11) is 0. The third kappa shape index (κ3) is 3.51. The van der Waals surface area contributed by atoms with Gasteiger partial charge in [0.05, 0.1) is 5.56 Å². The fourth-order valence-corrected chi connectivity index (χ4v) is 3.88.